The van der Waals surface area contributed by atoms with Gasteiger partial charge in [0.15, 0.2) is 5.82 Å². The molecule has 86 valence electrons. The number of carbonyl (C=O) groups is 1. The van der Waals surface area contributed by atoms with E-state index in [4.69, 9.17) is 17.3 Å². The molecule has 3 nitrogen and oxygen atoms in total. The Kier molecular flexibility index (Phi) is 2.71. The summed E-state index contributed by atoms with van der Waals surface area (Å²) in [4.78, 5) is 12.7. The average molecular weight is 247 g/mol. The molecule has 2 rings (SSSR count). The van der Waals surface area contributed by atoms with Gasteiger partial charge >= 0.3 is 0 Å². The SMILES string of the molecule is Nc1cc(F)cc(F)c1N1CC(Cl)CC1=O. The number of nitrogen functional groups attached to an aromatic ring is 1. The molecule has 1 fully saturated rings. The summed E-state index contributed by atoms with van der Waals surface area (Å²) in [5.41, 5.74) is 5.30. The molecule has 0 aromatic heterocycles. The highest BCUT2D eigenvalue weighted by molar-refractivity contribution is 6.24. The third kappa shape index (κ3) is 1.82. The first kappa shape index (κ1) is 11.1. The number of benzene rings is 1. The van der Waals surface area contributed by atoms with Gasteiger partial charge in [0.05, 0.1) is 11.1 Å². The molecule has 1 aromatic rings. The summed E-state index contributed by atoms with van der Waals surface area (Å²) >= 11 is 5.79. The van der Waals surface area contributed by atoms with Crippen LogP contribution in [0.4, 0.5) is 20.2 Å². The van der Waals surface area contributed by atoms with Gasteiger partial charge in [-0.05, 0) is 6.07 Å². The zero-order chi connectivity index (χ0) is 11.9. The lowest BCUT2D eigenvalue weighted by molar-refractivity contribution is -0.117. The Bertz CT molecular complexity index is 429. The van der Waals surface area contributed by atoms with Crippen LogP contribution in [0, 0.1) is 11.6 Å². The Hall–Kier alpha value is -1.36. The highest BCUT2D eigenvalue weighted by atomic mass is 35.5. The predicted octanol–water partition coefficient (Wildman–Crippen LogP) is 1.89. The van der Waals surface area contributed by atoms with Crippen molar-refractivity contribution in [3.05, 3.63) is 23.8 Å². The molecule has 1 heterocycles. The maximum Gasteiger partial charge on any atom is 0.228 e. The second-order valence-electron chi connectivity index (χ2n) is 3.63. The number of rotatable bonds is 1. The molecule has 1 atom stereocenters. The number of amides is 1. The molecular weight excluding hydrogens is 238 g/mol. The third-order valence-electron chi connectivity index (χ3n) is 2.41. The van der Waals surface area contributed by atoms with Crippen LogP contribution in [0.3, 0.4) is 0 Å². The molecule has 0 radical (unpaired) electrons. The topological polar surface area (TPSA) is 46.3 Å². The molecule has 1 aromatic carbocycles. The molecular formula is C10H9ClF2N2O. The second kappa shape index (κ2) is 3.90. The van der Waals surface area contributed by atoms with E-state index in [1.807, 2.05) is 0 Å². The number of hydrogen-bond acceptors (Lipinski definition) is 2. The van der Waals surface area contributed by atoms with E-state index >= 15 is 0 Å². The van der Waals surface area contributed by atoms with Crippen LogP contribution < -0.4 is 10.6 Å². The fraction of sp³-hybridized carbons (Fsp3) is 0.300. The van der Waals surface area contributed by atoms with E-state index in [9.17, 15) is 13.6 Å². The highest BCUT2D eigenvalue weighted by Crippen LogP contribution is 2.32. The summed E-state index contributed by atoms with van der Waals surface area (Å²) in [7, 11) is 0. The minimum atomic E-state index is -0.850. The highest BCUT2D eigenvalue weighted by Gasteiger charge is 2.32. The summed E-state index contributed by atoms with van der Waals surface area (Å²) in [5, 5.41) is -0.364. The number of hydrogen-bond donors (Lipinski definition) is 1. The first-order valence-corrected chi connectivity index (χ1v) is 5.11. The molecule has 6 heteroatoms. The van der Waals surface area contributed by atoms with Crippen LogP contribution >= 0.6 is 11.6 Å². The normalized spacial score (nSPS) is 20.6. The van der Waals surface area contributed by atoms with Gasteiger partial charge in [-0.2, -0.15) is 0 Å². The van der Waals surface area contributed by atoms with E-state index in [1.54, 1.807) is 0 Å². The monoisotopic (exact) mass is 246 g/mol. The standard InChI is InChI=1S/C10H9ClF2N2O/c11-5-1-9(16)15(4-5)10-7(13)2-6(12)3-8(10)14/h2-3,5H,1,4,14H2. The van der Waals surface area contributed by atoms with Crippen molar-refractivity contribution in [1.82, 2.24) is 0 Å². The zero-order valence-electron chi connectivity index (χ0n) is 8.21. The molecule has 0 bridgehead atoms. The van der Waals surface area contributed by atoms with E-state index in [0.717, 1.165) is 11.0 Å². The molecule has 1 amide bonds. The van der Waals surface area contributed by atoms with Crippen LogP contribution in [0.2, 0.25) is 0 Å². The lowest BCUT2D eigenvalue weighted by Gasteiger charge is -2.18. The van der Waals surface area contributed by atoms with Crippen molar-refractivity contribution in [2.75, 3.05) is 17.2 Å². The van der Waals surface area contributed by atoms with Gasteiger partial charge in [0.1, 0.15) is 11.5 Å². The maximum atomic E-state index is 13.5. The molecule has 1 unspecified atom stereocenters. The van der Waals surface area contributed by atoms with Crippen molar-refractivity contribution in [3.8, 4) is 0 Å². The molecule has 1 saturated heterocycles. The van der Waals surface area contributed by atoms with Crippen LogP contribution in [0.5, 0.6) is 0 Å². The molecule has 16 heavy (non-hydrogen) atoms. The van der Waals surface area contributed by atoms with Crippen LogP contribution in [0.25, 0.3) is 0 Å². The van der Waals surface area contributed by atoms with E-state index in [2.05, 4.69) is 0 Å². The van der Waals surface area contributed by atoms with Crippen molar-refractivity contribution < 1.29 is 13.6 Å². The lowest BCUT2D eigenvalue weighted by atomic mass is 10.2. The number of nitrogens with zero attached hydrogens (tertiary/aromatic N) is 1. The predicted molar refractivity (Wildman–Crippen MR) is 57.4 cm³/mol. The van der Waals surface area contributed by atoms with Crippen molar-refractivity contribution >= 4 is 28.9 Å². The van der Waals surface area contributed by atoms with E-state index < -0.39 is 11.6 Å². The van der Waals surface area contributed by atoms with Gasteiger partial charge in [-0.15, -0.1) is 11.6 Å². The van der Waals surface area contributed by atoms with Crippen molar-refractivity contribution in [2.24, 2.45) is 0 Å². The number of halogens is 3. The third-order valence-corrected chi connectivity index (χ3v) is 2.70. The fourth-order valence-electron chi connectivity index (χ4n) is 1.75. The van der Waals surface area contributed by atoms with Crippen LogP contribution in [-0.2, 0) is 4.79 Å². The smallest absolute Gasteiger partial charge is 0.228 e. The van der Waals surface area contributed by atoms with Gasteiger partial charge in [-0.25, -0.2) is 8.78 Å². The summed E-state index contributed by atoms with van der Waals surface area (Å²) < 4.78 is 26.3. The molecule has 0 saturated carbocycles. The zero-order valence-corrected chi connectivity index (χ0v) is 8.97. The van der Waals surface area contributed by atoms with Crippen molar-refractivity contribution in [2.45, 2.75) is 11.8 Å². The van der Waals surface area contributed by atoms with Gasteiger partial charge < -0.3 is 10.6 Å². The molecule has 1 aliphatic rings. The van der Waals surface area contributed by atoms with Crippen LogP contribution in [0.15, 0.2) is 12.1 Å². The quantitative estimate of drug-likeness (QED) is 0.608. The lowest BCUT2D eigenvalue weighted by Crippen LogP contribution is -2.26. The number of nitrogens with two attached hydrogens (primary N) is 1. The van der Waals surface area contributed by atoms with Gasteiger partial charge in [-0.3, -0.25) is 4.79 Å². The Morgan fingerprint density at radius 1 is 1.44 bits per heavy atom. The van der Waals surface area contributed by atoms with Crippen molar-refractivity contribution in [1.29, 1.82) is 0 Å². The van der Waals surface area contributed by atoms with E-state index in [0.29, 0.717) is 6.07 Å². The van der Waals surface area contributed by atoms with Crippen LogP contribution in [0.1, 0.15) is 6.42 Å². The van der Waals surface area contributed by atoms with Gasteiger partial charge in [-0.1, -0.05) is 0 Å². The molecule has 2 N–H and O–H groups in total. The minimum absolute atomic E-state index is 0.0884. The number of alkyl halides is 1. The summed E-state index contributed by atoms with van der Waals surface area (Å²) in [5.74, 6) is -1.93. The molecule has 1 aliphatic heterocycles. The Labute approximate surface area is 95.8 Å². The maximum absolute atomic E-state index is 13.5. The fourth-order valence-corrected chi connectivity index (χ4v) is 2.02. The minimum Gasteiger partial charge on any atom is -0.397 e. The molecule has 0 aliphatic carbocycles. The summed E-state index contributed by atoms with van der Waals surface area (Å²) in [6.07, 6.45) is 0.137. The van der Waals surface area contributed by atoms with E-state index in [1.165, 1.54) is 0 Å². The summed E-state index contributed by atoms with van der Waals surface area (Å²) in [6, 6.07) is 1.67. The van der Waals surface area contributed by atoms with E-state index in [-0.39, 0.29) is 35.6 Å². The first-order chi connectivity index (χ1) is 7.49. The van der Waals surface area contributed by atoms with Gasteiger partial charge in [0, 0.05) is 19.0 Å². The summed E-state index contributed by atoms with van der Waals surface area (Å²) in [6.45, 7) is 0.188. The molecule has 0 spiro atoms. The Morgan fingerprint density at radius 3 is 2.62 bits per heavy atom. The first-order valence-electron chi connectivity index (χ1n) is 4.68. The van der Waals surface area contributed by atoms with Crippen LogP contribution in [-0.4, -0.2) is 17.8 Å². The Balaban J connectivity index is 2.44. The average Bonchev–Trinajstić information content (AvgIpc) is 2.43. The van der Waals surface area contributed by atoms with Crippen molar-refractivity contribution in [3.63, 3.8) is 0 Å². The Morgan fingerprint density at radius 2 is 2.12 bits per heavy atom. The number of anilines is 2. The van der Waals surface area contributed by atoms with Gasteiger partial charge in [0.25, 0.3) is 0 Å². The van der Waals surface area contributed by atoms with Gasteiger partial charge in [0.2, 0.25) is 5.91 Å². The largest absolute Gasteiger partial charge is 0.397 e. The second-order valence-corrected chi connectivity index (χ2v) is 4.25. The number of carbonyl (C=O) groups excluding carboxylic acids is 1.